The van der Waals surface area contributed by atoms with Gasteiger partial charge < -0.3 is 24.4 Å². The van der Waals surface area contributed by atoms with Crippen molar-refractivity contribution in [1.29, 1.82) is 0 Å². The Morgan fingerprint density at radius 3 is 2.40 bits per heavy atom. The second kappa shape index (κ2) is 16.6. The zero-order chi connectivity index (χ0) is 34.1. The van der Waals surface area contributed by atoms with Gasteiger partial charge in [0.25, 0.3) is 0 Å². The van der Waals surface area contributed by atoms with Crippen molar-refractivity contribution in [2.24, 2.45) is 11.3 Å². The van der Waals surface area contributed by atoms with Crippen LogP contribution in [0.5, 0.6) is 0 Å². The molecule has 48 heavy (non-hydrogen) atoms. The van der Waals surface area contributed by atoms with Gasteiger partial charge in [0.15, 0.2) is 0 Å². The van der Waals surface area contributed by atoms with Crippen LogP contribution >= 0.6 is 23.2 Å². The fourth-order valence-corrected chi connectivity index (χ4v) is 7.09. The number of halogens is 2. The number of likely N-dealkylation sites (tertiary alicyclic amines) is 1. The summed E-state index contributed by atoms with van der Waals surface area (Å²) in [5.41, 5.74) is 2.05. The maximum absolute atomic E-state index is 14.3. The number of ether oxygens (including phenoxy) is 3. The van der Waals surface area contributed by atoms with Crippen molar-refractivity contribution in [2.75, 3.05) is 20.3 Å². The lowest BCUT2D eigenvalue weighted by Gasteiger charge is -2.51. The largest absolute Gasteiger partial charge is 0.468 e. The molecule has 8 nitrogen and oxygen atoms in total. The number of esters is 1. The second-order valence-corrected chi connectivity index (χ2v) is 13.2. The number of hydrogen-bond acceptors (Lipinski definition) is 6. The van der Waals surface area contributed by atoms with E-state index in [4.69, 9.17) is 37.4 Å². The molecule has 1 N–H and O–H groups in total. The van der Waals surface area contributed by atoms with Gasteiger partial charge in [0.2, 0.25) is 11.8 Å². The monoisotopic (exact) mass is 692 g/mol. The van der Waals surface area contributed by atoms with Crippen LogP contribution < -0.4 is 5.32 Å². The van der Waals surface area contributed by atoms with Crippen molar-refractivity contribution in [1.82, 2.24) is 10.2 Å². The first-order valence-corrected chi connectivity index (χ1v) is 17.1. The molecular weight excluding hydrogens is 651 g/mol. The number of carbonyl (C=O) groups excluding carboxylic acids is 3. The first kappa shape index (κ1) is 35.6. The van der Waals surface area contributed by atoms with Crippen molar-refractivity contribution in [2.45, 2.75) is 64.4 Å². The molecule has 2 heterocycles. The molecule has 3 aromatic carbocycles. The molecule has 2 aliphatic heterocycles. The number of fused-ring (bicyclic) bond motifs is 1. The SMILES string of the molecule is COC(=O)[C@]12C[C@H](CC(=O)NCCCCc3ccccc3)C(=O)N(Cc3ccc(Cl)cc3Cl)C1=C[C@H](COCc1ccccc1)O[C@@H]2C. The van der Waals surface area contributed by atoms with Crippen LogP contribution in [0.15, 0.2) is 90.6 Å². The van der Waals surface area contributed by atoms with Gasteiger partial charge >= 0.3 is 5.97 Å². The molecular formula is C38H42Cl2N2O6. The van der Waals surface area contributed by atoms with E-state index in [0.29, 0.717) is 34.5 Å². The molecule has 254 valence electrons. The van der Waals surface area contributed by atoms with Crippen LogP contribution in [0, 0.1) is 11.3 Å². The Bertz CT molecular complexity index is 1600. The summed E-state index contributed by atoms with van der Waals surface area (Å²) in [7, 11) is 1.32. The van der Waals surface area contributed by atoms with Gasteiger partial charge in [-0.2, -0.15) is 0 Å². The minimum Gasteiger partial charge on any atom is -0.468 e. The molecule has 4 atom stereocenters. The zero-order valence-electron chi connectivity index (χ0n) is 27.3. The van der Waals surface area contributed by atoms with Crippen LogP contribution in [-0.4, -0.2) is 55.2 Å². The van der Waals surface area contributed by atoms with Crippen LogP contribution in [0.2, 0.25) is 10.0 Å². The number of hydrogen-bond donors (Lipinski definition) is 1. The van der Waals surface area contributed by atoms with Gasteiger partial charge in [-0.25, -0.2) is 0 Å². The summed E-state index contributed by atoms with van der Waals surface area (Å²) in [4.78, 5) is 42.9. The quantitative estimate of drug-likeness (QED) is 0.146. The number of carbonyl (C=O) groups is 3. The number of amides is 2. The van der Waals surface area contributed by atoms with Gasteiger partial charge in [0.1, 0.15) is 11.5 Å². The van der Waals surface area contributed by atoms with E-state index in [1.807, 2.05) is 48.5 Å². The number of nitrogens with zero attached hydrogens (tertiary/aromatic N) is 1. The van der Waals surface area contributed by atoms with E-state index in [1.54, 1.807) is 36.1 Å². The molecule has 2 aliphatic rings. The lowest BCUT2D eigenvalue weighted by Crippen LogP contribution is -2.60. The highest BCUT2D eigenvalue weighted by molar-refractivity contribution is 6.35. The Hall–Kier alpha value is -3.69. The number of rotatable bonds is 14. The van der Waals surface area contributed by atoms with E-state index in [0.717, 1.165) is 24.8 Å². The Kier molecular flexibility index (Phi) is 12.3. The minimum atomic E-state index is -1.34. The van der Waals surface area contributed by atoms with Crippen molar-refractivity contribution >= 4 is 41.0 Å². The standard InChI is InChI=1S/C38H42Cl2N2O6/c1-26-38(37(45)46-2)22-30(19-35(43)41-18-10-9-13-27-11-5-3-6-12-27)36(44)42(23-29-16-17-31(39)20-33(29)40)34(38)21-32(48-26)25-47-24-28-14-7-4-8-15-28/h3-8,11-12,14-17,20-21,26,30,32H,9-10,13,18-19,22-25H2,1-2H3,(H,41,43)/t26-,30+,32-,38+/m1/s1. The van der Waals surface area contributed by atoms with Gasteiger partial charge in [-0.3, -0.25) is 14.4 Å². The summed E-state index contributed by atoms with van der Waals surface area (Å²) in [5, 5.41) is 3.83. The summed E-state index contributed by atoms with van der Waals surface area (Å²) in [6.45, 7) is 2.96. The van der Waals surface area contributed by atoms with Crippen molar-refractivity contribution in [3.63, 3.8) is 0 Å². The van der Waals surface area contributed by atoms with Gasteiger partial charge in [0.05, 0.1) is 33.0 Å². The van der Waals surface area contributed by atoms with E-state index in [2.05, 4.69) is 17.4 Å². The molecule has 0 unspecified atom stereocenters. The predicted octanol–water partition coefficient (Wildman–Crippen LogP) is 6.92. The molecule has 0 aliphatic carbocycles. The molecule has 10 heteroatoms. The maximum Gasteiger partial charge on any atom is 0.320 e. The molecule has 3 aromatic rings. The zero-order valence-corrected chi connectivity index (χ0v) is 28.8. The van der Waals surface area contributed by atoms with E-state index in [9.17, 15) is 14.4 Å². The number of piperidine rings is 1. The molecule has 0 bridgehead atoms. The Morgan fingerprint density at radius 1 is 1.00 bits per heavy atom. The van der Waals surface area contributed by atoms with Gasteiger partial charge in [-0.15, -0.1) is 0 Å². The number of benzene rings is 3. The van der Waals surface area contributed by atoms with Gasteiger partial charge in [-0.05, 0) is 67.5 Å². The van der Waals surface area contributed by atoms with E-state index in [-0.39, 0.29) is 37.8 Å². The van der Waals surface area contributed by atoms with Crippen LogP contribution in [0.3, 0.4) is 0 Å². The van der Waals surface area contributed by atoms with Crippen molar-refractivity contribution in [3.05, 3.63) is 117 Å². The van der Waals surface area contributed by atoms with Crippen LogP contribution in [0.1, 0.15) is 49.3 Å². The normalized spacial score (nSPS) is 22.1. The highest BCUT2D eigenvalue weighted by Crippen LogP contribution is 2.51. The average Bonchev–Trinajstić information content (AvgIpc) is 3.08. The average molecular weight is 694 g/mol. The first-order valence-electron chi connectivity index (χ1n) is 16.3. The molecule has 1 saturated heterocycles. The molecule has 5 rings (SSSR count). The maximum atomic E-state index is 14.3. The van der Waals surface area contributed by atoms with Crippen LogP contribution in [0.4, 0.5) is 0 Å². The summed E-state index contributed by atoms with van der Waals surface area (Å²) < 4.78 is 17.8. The summed E-state index contributed by atoms with van der Waals surface area (Å²) >= 11 is 12.8. The number of nitrogens with one attached hydrogen (secondary N) is 1. The molecule has 0 spiro atoms. The molecule has 2 amide bonds. The molecule has 1 fully saturated rings. The van der Waals surface area contributed by atoms with Crippen molar-refractivity contribution < 1.29 is 28.6 Å². The summed E-state index contributed by atoms with van der Waals surface area (Å²) in [6.07, 6.45) is 3.20. The fraction of sp³-hybridized carbons (Fsp3) is 0.395. The first-order chi connectivity index (χ1) is 23.2. The number of methoxy groups -OCH3 is 1. The summed E-state index contributed by atoms with van der Waals surface area (Å²) in [5.74, 6) is -1.85. The Morgan fingerprint density at radius 2 is 1.71 bits per heavy atom. The highest BCUT2D eigenvalue weighted by Gasteiger charge is 2.59. The smallest absolute Gasteiger partial charge is 0.320 e. The highest BCUT2D eigenvalue weighted by atomic mass is 35.5. The van der Waals surface area contributed by atoms with E-state index in [1.165, 1.54) is 12.7 Å². The minimum absolute atomic E-state index is 0.0649. The second-order valence-electron chi connectivity index (χ2n) is 12.4. The third-order valence-electron chi connectivity index (χ3n) is 9.12. The Labute approximate surface area is 292 Å². The number of unbranched alkanes of at least 4 members (excludes halogenated alkanes) is 1. The summed E-state index contributed by atoms with van der Waals surface area (Å²) in [6, 6.07) is 25.1. The van der Waals surface area contributed by atoms with E-state index < -0.39 is 29.5 Å². The van der Waals surface area contributed by atoms with Crippen LogP contribution in [0.25, 0.3) is 0 Å². The molecule has 0 radical (unpaired) electrons. The molecule has 0 saturated carbocycles. The third kappa shape index (κ3) is 8.47. The van der Waals surface area contributed by atoms with Gasteiger partial charge in [-0.1, -0.05) is 89.9 Å². The van der Waals surface area contributed by atoms with E-state index >= 15 is 0 Å². The number of aryl methyl sites for hydroxylation is 1. The predicted molar refractivity (Wildman–Crippen MR) is 185 cm³/mol. The lowest BCUT2D eigenvalue weighted by atomic mass is 9.66. The lowest BCUT2D eigenvalue weighted by molar-refractivity contribution is -0.178. The molecule has 0 aromatic heterocycles. The third-order valence-corrected chi connectivity index (χ3v) is 9.71. The topological polar surface area (TPSA) is 94.2 Å². The van der Waals surface area contributed by atoms with Crippen LogP contribution in [-0.2, 0) is 48.2 Å². The fourth-order valence-electron chi connectivity index (χ4n) is 6.62. The van der Waals surface area contributed by atoms with Gasteiger partial charge in [0, 0.05) is 34.6 Å². The Balaban J connectivity index is 1.36. The van der Waals surface area contributed by atoms with Crippen molar-refractivity contribution in [3.8, 4) is 0 Å².